The molecule has 9 heteroatoms. The number of carbonyl (C=O) groups is 3. The first-order chi connectivity index (χ1) is 12.3. The fraction of sp³-hybridized carbons (Fsp3) is 0.833. The molecule has 0 heterocycles. The van der Waals surface area contributed by atoms with E-state index < -0.39 is 35.6 Å². The molecule has 0 spiro atoms. The van der Waals surface area contributed by atoms with Crippen LogP contribution < -0.4 is 5.73 Å². The van der Waals surface area contributed by atoms with Crippen LogP contribution >= 0.6 is 11.8 Å². The third kappa shape index (κ3) is 9.44. The van der Waals surface area contributed by atoms with Crippen LogP contribution in [0.5, 0.6) is 0 Å². The van der Waals surface area contributed by atoms with Gasteiger partial charge in [-0.05, 0) is 27.2 Å². The lowest BCUT2D eigenvalue weighted by Crippen LogP contribution is -2.56. The number of nitrogens with zero attached hydrogens (tertiary/aromatic N) is 2. The molecule has 0 aliphatic rings. The number of aliphatic hydroxyl groups excluding tert-OH is 1. The molecule has 1 unspecified atom stereocenters. The largest absolute Gasteiger partial charge is 0.393 e. The molecule has 0 fully saturated rings. The highest BCUT2D eigenvalue weighted by Gasteiger charge is 2.36. The SMILES string of the molecule is CCCC(=O)N(C)[C@@H](CSCC(C)O)C(=O)N(C)[C@@H](CC(C)(C)O)C(N)=O. The van der Waals surface area contributed by atoms with Crippen molar-refractivity contribution in [3.63, 3.8) is 0 Å². The van der Waals surface area contributed by atoms with Crippen molar-refractivity contribution in [2.24, 2.45) is 5.73 Å². The topological polar surface area (TPSA) is 124 Å². The minimum atomic E-state index is -1.19. The van der Waals surface area contributed by atoms with Gasteiger partial charge in [0.05, 0.1) is 11.7 Å². The first-order valence-electron chi connectivity index (χ1n) is 9.11. The van der Waals surface area contributed by atoms with E-state index in [9.17, 15) is 24.6 Å². The van der Waals surface area contributed by atoms with Crippen molar-refractivity contribution >= 4 is 29.5 Å². The Balaban J connectivity index is 5.48. The Hall–Kier alpha value is -1.32. The van der Waals surface area contributed by atoms with Crippen LogP contribution in [0.1, 0.15) is 47.0 Å². The molecule has 0 bridgehead atoms. The van der Waals surface area contributed by atoms with Crippen LogP contribution in [-0.4, -0.2) is 87.1 Å². The zero-order valence-corrected chi connectivity index (χ0v) is 18.1. The highest BCUT2D eigenvalue weighted by atomic mass is 32.2. The minimum Gasteiger partial charge on any atom is -0.393 e. The highest BCUT2D eigenvalue weighted by Crippen LogP contribution is 2.19. The highest BCUT2D eigenvalue weighted by molar-refractivity contribution is 7.99. The average Bonchev–Trinajstić information content (AvgIpc) is 2.53. The summed E-state index contributed by atoms with van der Waals surface area (Å²) in [5, 5.41) is 19.5. The third-order valence-electron chi connectivity index (χ3n) is 4.08. The van der Waals surface area contributed by atoms with E-state index in [2.05, 4.69) is 0 Å². The summed E-state index contributed by atoms with van der Waals surface area (Å²) in [6.45, 7) is 6.60. The number of carbonyl (C=O) groups excluding carboxylic acids is 3. The Morgan fingerprint density at radius 1 is 1.11 bits per heavy atom. The zero-order valence-electron chi connectivity index (χ0n) is 17.3. The summed E-state index contributed by atoms with van der Waals surface area (Å²) in [4.78, 5) is 39.8. The van der Waals surface area contributed by atoms with Crippen molar-refractivity contribution in [2.75, 3.05) is 25.6 Å². The van der Waals surface area contributed by atoms with Crippen molar-refractivity contribution < 1.29 is 24.6 Å². The molecule has 0 aromatic rings. The maximum atomic E-state index is 13.1. The van der Waals surface area contributed by atoms with Crippen LogP contribution in [0.3, 0.4) is 0 Å². The van der Waals surface area contributed by atoms with Gasteiger partial charge in [-0.1, -0.05) is 6.92 Å². The number of thioether (sulfide) groups is 1. The van der Waals surface area contributed by atoms with Gasteiger partial charge in [0.1, 0.15) is 12.1 Å². The first-order valence-corrected chi connectivity index (χ1v) is 10.3. The van der Waals surface area contributed by atoms with E-state index in [0.717, 1.165) is 0 Å². The van der Waals surface area contributed by atoms with Gasteiger partial charge in [-0.25, -0.2) is 0 Å². The van der Waals surface area contributed by atoms with E-state index in [1.165, 1.54) is 42.5 Å². The predicted molar refractivity (Wildman–Crippen MR) is 107 cm³/mol. The molecule has 8 nitrogen and oxygen atoms in total. The van der Waals surface area contributed by atoms with E-state index in [1.54, 1.807) is 14.0 Å². The predicted octanol–water partition coefficient (Wildman–Crippen LogP) is 0.201. The fourth-order valence-corrected chi connectivity index (χ4v) is 3.62. The lowest BCUT2D eigenvalue weighted by Gasteiger charge is -2.35. The van der Waals surface area contributed by atoms with Crippen LogP contribution in [0.2, 0.25) is 0 Å². The number of aliphatic hydroxyl groups is 2. The maximum Gasteiger partial charge on any atom is 0.246 e. The molecule has 27 heavy (non-hydrogen) atoms. The number of amides is 3. The van der Waals surface area contributed by atoms with Gasteiger partial charge in [-0.2, -0.15) is 11.8 Å². The molecule has 0 rings (SSSR count). The molecule has 0 aromatic carbocycles. The smallest absolute Gasteiger partial charge is 0.246 e. The lowest BCUT2D eigenvalue weighted by molar-refractivity contribution is -0.147. The number of hydrogen-bond acceptors (Lipinski definition) is 6. The van der Waals surface area contributed by atoms with Gasteiger partial charge in [0.2, 0.25) is 17.7 Å². The van der Waals surface area contributed by atoms with Crippen LogP contribution in [0.15, 0.2) is 0 Å². The lowest BCUT2D eigenvalue weighted by atomic mass is 9.97. The molecule has 4 N–H and O–H groups in total. The van der Waals surface area contributed by atoms with Gasteiger partial charge < -0.3 is 25.7 Å². The summed E-state index contributed by atoms with van der Waals surface area (Å²) in [6, 6.07) is -1.78. The van der Waals surface area contributed by atoms with Gasteiger partial charge in [0.15, 0.2) is 0 Å². The van der Waals surface area contributed by atoms with Crippen LogP contribution in [0, 0.1) is 0 Å². The van der Waals surface area contributed by atoms with Crippen molar-refractivity contribution in [3.8, 4) is 0 Å². The second kappa shape index (κ2) is 11.5. The summed E-state index contributed by atoms with van der Waals surface area (Å²) >= 11 is 1.36. The van der Waals surface area contributed by atoms with Gasteiger partial charge >= 0.3 is 0 Å². The van der Waals surface area contributed by atoms with Crippen molar-refractivity contribution in [2.45, 2.75) is 70.7 Å². The van der Waals surface area contributed by atoms with E-state index in [-0.39, 0.29) is 18.1 Å². The zero-order chi connectivity index (χ0) is 21.4. The summed E-state index contributed by atoms with van der Waals surface area (Å²) in [6.07, 6.45) is 0.427. The van der Waals surface area contributed by atoms with Crippen molar-refractivity contribution in [3.05, 3.63) is 0 Å². The second-order valence-corrected chi connectivity index (χ2v) is 8.62. The van der Waals surface area contributed by atoms with E-state index in [4.69, 9.17) is 5.73 Å². The summed E-state index contributed by atoms with van der Waals surface area (Å²) < 4.78 is 0. The van der Waals surface area contributed by atoms with Crippen molar-refractivity contribution in [1.82, 2.24) is 9.80 Å². The standard InChI is InChI=1S/C18H35N3O5S/c1-7-8-15(23)20(5)14(11-27-10-12(2)22)17(25)21(6)13(16(19)24)9-18(3,4)26/h12-14,22,26H,7-11H2,1-6H3,(H2,19,24)/t12?,13-,14-/m0/s1. The average molecular weight is 406 g/mol. The Morgan fingerprint density at radius 2 is 1.67 bits per heavy atom. The van der Waals surface area contributed by atoms with Gasteiger partial charge in [-0.15, -0.1) is 0 Å². The normalized spacial score (nSPS) is 15.0. The summed E-state index contributed by atoms with van der Waals surface area (Å²) in [5.74, 6) is -0.598. The third-order valence-corrected chi connectivity index (χ3v) is 5.35. The molecule has 0 saturated heterocycles. The van der Waals surface area contributed by atoms with Crippen LogP contribution in [-0.2, 0) is 14.4 Å². The Kier molecular flexibility index (Phi) is 10.9. The quantitative estimate of drug-likeness (QED) is 0.426. The molecule has 158 valence electrons. The summed E-state index contributed by atoms with van der Waals surface area (Å²) in [5.41, 5.74) is 4.26. The number of likely N-dealkylation sites (N-methyl/N-ethyl adjacent to an activating group) is 2. The number of hydrogen-bond donors (Lipinski definition) is 3. The Morgan fingerprint density at radius 3 is 2.07 bits per heavy atom. The number of rotatable bonds is 12. The van der Waals surface area contributed by atoms with Gasteiger partial charge in [0, 0.05) is 38.4 Å². The molecule has 3 amide bonds. The molecule has 0 radical (unpaired) electrons. The van der Waals surface area contributed by atoms with Crippen molar-refractivity contribution in [1.29, 1.82) is 0 Å². The second-order valence-electron chi connectivity index (χ2n) is 7.54. The molecule has 0 aromatic heterocycles. The molecule has 0 aliphatic carbocycles. The van der Waals surface area contributed by atoms with Gasteiger partial charge in [-0.3, -0.25) is 14.4 Å². The molecule has 0 saturated carbocycles. The fourth-order valence-electron chi connectivity index (χ4n) is 2.55. The summed E-state index contributed by atoms with van der Waals surface area (Å²) in [7, 11) is 3.01. The van der Waals surface area contributed by atoms with E-state index >= 15 is 0 Å². The van der Waals surface area contributed by atoms with Crippen LogP contribution in [0.25, 0.3) is 0 Å². The monoisotopic (exact) mass is 405 g/mol. The minimum absolute atomic E-state index is 0.00920. The first kappa shape index (κ1) is 25.7. The number of nitrogens with two attached hydrogens (primary N) is 1. The Bertz CT molecular complexity index is 508. The molecule has 0 aliphatic heterocycles. The molecule has 3 atom stereocenters. The molecular weight excluding hydrogens is 370 g/mol. The van der Waals surface area contributed by atoms with E-state index in [1.807, 2.05) is 6.92 Å². The molecular formula is C18H35N3O5S. The van der Waals surface area contributed by atoms with E-state index in [0.29, 0.717) is 18.6 Å². The van der Waals surface area contributed by atoms with Crippen LogP contribution in [0.4, 0.5) is 0 Å². The number of primary amides is 1. The van der Waals surface area contributed by atoms with Gasteiger partial charge in [0.25, 0.3) is 0 Å². The maximum absolute atomic E-state index is 13.1. The Labute approximate surface area is 166 Å².